The molecule has 1 N–H and O–H groups in total. The maximum absolute atomic E-state index is 5.67. The molecule has 0 aliphatic rings. The Hall–Kier alpha value is -0.120. The molecule has 3 nitrogen and oxygen atoms in total. The Morgan fingerprint density at radius 1 is 1.17 bits per heavy atom. The minimum Gasteiger partial charge on any atom is -0.377 e. The van der Waals surface area contributed by atoms with Gasteiger partial charge in [-0.2, -0.15) is 0 Å². The normalized spacial score (nSPS) is 14.5. The quantitative estimate of drug-likeness (QED) is 0.652. The lowest BCUT2D eigenvalue weighted by molar-refractivity contribution is -0.0224. The van der Waals surface area contributed by atoms with Gasteiger partial charge in [0.1, 0.15) is 0 Å². The second-order valence-corrected chi connectivity index (χ2v) is 5.90. The third kappa shape index (κ3) is 6.17. The summed E-state index contributed by atoms with van der Waals surface area (Å²) in [4.78, 5) is 2.54. The van der Waals surface area contributed by atoms with Crippen LogP contribution < -0.4 is 5.32 Å². The van der Waals surface area contributed by atoms with Gasteiger partial charge in [-0.1, -0.05) is 13.8 Å². The van der Waals surface area contributed by atoms with Crippen LogP contribution in [0.3, 0.4) is 0 Å². The summed E-state index contributed by atoms with van der Waals surface area (Å²) in [5.41, 5.74) is -0.129. The lowest BCUT2D eigenvalue weighted by Crippen LogP contribution is -2.55. The van der Waals surface area contributed by atoms with Crippen LogP contribution in [-0.4, -0.2) is 49.3 Å². The van der Waals surface area contributed by atoms with Gasteiger partial charge < -0.3 is 10.1 Å². The Morgan fingerprint density at radius 2 is 1.78 bits per heavy atom. The summed E-state index contributed by atoms with van der Waals surface area (Å²) >= 11 is 0. The van der Waals surface area contributed by atoms with E-state index >= 15 is 0 Å². The summed E-state index contributed by atoms with van der Waals surface area (Å²) in [5.74, 6) is 0. The molecule has 0 aromatic carbocycles. The van der Waals surface area contributed by atoms with Crippen molar-refractivity contribution in [3.05, 3.63) is 0 Å². The predicted molar refractivity (Wildman–Crippen MR) is 80.2 cm³/mol. The summed E-state index contributed by atoms with van der Waals surface area (Å²) in [5, 5.41) is 3.64. The number of rotatable bonds is 10. The van der Waals surface area contributed by atoms with E-state index in [1.54, 1.807) is 7.11 Å². The molecule has 0 rings (SSSR count). The topological polar surface area (TPSA) is 24.5 Å². The number of ether oxygens (including phenoxy) is 1. The highest BCUT2D eigenvalue weighted by Gasteiger charge is 2.30. The smallest absolute Gasteiger partial charge is 0.0787 e. The lowest BCUT2D eigenvalue weighted by atomic mass is 9.97. The van der Waals surface area contributed by atoms with Gasteiger partial charge in [0.2, 0.25) is 0 Å². The standard InChI is InChI=1S/C15H34N2O/c1-8-10-16-14(15(5,6)18-7)12-17(11-9-2)13(3)4/h13-14,16H,8-12H2,1-7H3. The van der Waals surface area contributed by atoms with E-state index in [0.717, 1.165) is 26.1 Å². The SMILES string of the molecule is CCCNC(CN(CCC)C(C)C)C(C)(C)OC. The van der Waals surface area contributed by atoms with Gasteiger partial charge in [0.15, 0.2) is 0 Å². The van der Waals surface area contributed by atoms with Gasteiger partial charge in [0, 0.05) is 25.7 Å². The van der Waals surface area contributed by atoms with Gasteiger partial charge in [-0.15, -0.1) is 0 Å². The molecule has 0 saturated heterocycles. The summed E-state index contributed by atoms with van der Waals surface area (Å²) in [6, 6.07) is 0.958. The van der Waals surface area contributed by atoms with Gasteiger partial charge in [0.05, 0.1) is 5.60 Å². The van der Waals surface area contributed by atoms with Crippen molar-refractivity contribution in [3.8, 4) is 0 Å². The fraction of sp³-hybridized carbons (Fsp3) is 1.00. The van der Waals surface area contributed by atoms with E-state index in [0.29, 0.717) is 12.1 Å². The van der Waals surface area contributed by atoms with E-state index in [1.807, 2.05) is 0 Å². The van der Waals surface area contributed by atoms with E-state index in [-0.39, 0.29) is 5.60 Å². The molecule has 0 fully saturated rings. The molecule has 0 radical (unpaired) electrons. The number of methoxy groups -OCH3 is 1. The van der Waals surface area contributed by atoms with Crippen LogP contribution in [0.25, 0.3) is 0 Å². The molecule has 1 atom stereocenters. The molecule has 0 saturated carbocycles. The third-order valence-corrected chi connectivity index (χ3v) is 3.66. The first-order valence-electron chi connectivity index (χ1n) is 7.41. The molecule has 0 aromatic rings. The molecule has 3 heteroatoms. The summed E-state index contributed by atoms with van der Waals surface area (Å²) in [6.45, 7) is 16.6. The molecule has 18 heavy (non-hydrogen) atoms. The second-order valence-electron chi connectivity index (χ2n) is 5.90. The average molecular weight is 258 g/mol. The molecule has 110 valence electrons. The molecule has 0 spiro atoms. The predicted octanol–water partition coefficient (Wildman–Crippen LogP) is 2.90. The van der Waals surface area contributed by atoms with Crippen molar-refractivity contribution < 1.29 is 4.74 Å². The zero-order valence-corrected chi connectivity index (χ0v) is 13.5. The van der Waals surface area contributed by atoms with Crippen LogP contribution in [0.1, 0.15) is 54.4 Å². The summed E-state index contributed by atoms with van der Waals surface area (Å²) < 4.78 is 5.67. The van der Waals surface area contributed by atoms with Gasteiger partial charge in [0.25, 0.3) is 0 Å². The van der Waals surface area contributed by atoms with Crippen LogP contribution in [0.4, 0.5) is 0 Å². The zero-order valence-electron chi connectivity index (χ0n) is 13.5. The molecular formula is C15H34N2O. The fourth-order valence-electron chi connectivity index (χ4n) is 2.07. The maximum Gasteiger partial charge on any atom is 0.0787 e. The van der Waals surface area contributed by atoms with Crippen molar-refractivity contribution in [2.75, 3.05) is 26.7 Å². The highest BCUT2D eigenvalue weighted by Crippen LogP contribution is 2.16. The summed E-state index contributed by atoms with van der Waals surface area (Å²) in [7, 11) is 1.81. The van der Waals surface area contributed by atoms with Crippen LogP contribution in [0.2, 0.25) is 0 Å². The number of hydrogen-bond acceptors (Lipinski definition) is 3. The first-order chi connectivity index (χ1) is 8.38. The largest absolute Gasteiger partial charge is 0.377 e. The fourth-order valence-corrected chi connectivity index (χ4v) is 2.07. The molecule has 1 unspecified atom stereocenters. The summed E-state index contributed by atoms with van der Waals surface area (Å²) in [6.07, 6.45) is 2.36. The lowest BCUT2D eigenvalue weighted by Gasteiger charge is -2.39. The Balaban J connectivity index is 4.63. The minimum atomic E-state index is -0.129. The maximum atomic E-state index is 5.67. The van der Waals surface area contributed by atoms with Gasteiger partial charge >= 0.3 is 0 Å². The van der Waals surface area contributed by atoms with Crippen LogP contribution >= 0.6 is 0 Å². The Bertz CT molecular complexity index is 205. The molecule has 0 aliphatic heterocycles. The van der Waals surface area contributed by atoms with Crippen molar-refractivity contribution in [2.24, 2.45) is 0 Å². The van der Waals surface area contributed by atoms with E-state index in [2.05, 4.69) is 51.8 Å². The minimum absolute atomic E-state index is 0.129. The van der Waals surface area contributed by atoms with Crippen molar-refractivity contribution in [2.45, 2.75) is 72.1 Å². The number of nitrogens with zero attached hydrogens (tertiary/aromatic N) is 1. The molecule has 0 amide bonds. The first-order valence-corrected chi connectivity index (χ1v) is 7.41. The van der Waals surface area contributed by atoms with Crippen LogP contribution in [0.15, 0.2) is 0 Å². The van der Waals surface area contributed by atoms with Crippen molar-refractivity contribution in [1.29, 1.82) is 0 Å². The third-order valence-electron chi connectivity index (χ3n) is 3.66. The molecule has 0 bridgehead atoms. The van der Waals surface area contributed by atoms with Gasteiger partial charge in [-0.25, -0.2) is 0 Å². The number of nitrogens with one attached hydrogen (secondary N) is 1. The van der Waals surface area contributed by atoms with Crippen molar-refractivity contribution in [3.63, 3.8) is 0 Å². The highest BCUT2D eigenvalue weighted by atomic mass is 16.5. The second kappa shape index (κ2) is 8.89. The van der Waals surface area contributed by atoms with Gasteiger partial charge in [-0.05, 0) is 53.6 Å². The van der Waals surface area contributed by atoms with Crippen molar-refractivity contribution >= 4 is 0 Å². The molecule has 0 aromatic heterocycles. The van der Waals surface area contributed by atoms with Crippen LogP contribution in [-0.2, 0) is 4.74 Å². The Morgan fingerprint density at radius 3 is 2.17 bits per heavy atom. The van der Waals surface area contributed by atoms with Crippen LogP contribution in [0.5, 0.6) is 0 Å². The highest BCUT2D eigenvalue weighted by molar-refractivity contribution is 4.88. The van der Waals surface area contributed by atoms with E-state index < -0.39 is 0 Å². The average Bonchev–Trinajstić information content (AvgIpc) is 2.32. The van der Waals surface area contributed by atoms with E-state index in [9.17, 15) is 0 Å². The van der Waals surface area contributed by atoms with E-state index in [1.165, 1.54) is 6.42 Å². The number of hydrogen-bond donors (Lipinski definition) is 1. The van der Waals surface area contributed by atoms with Gasteiger partial charge in [-0.3, -0.25) is 4.90 Å². The van der Waals surface area contributed by atoms with Crippen molar-refractivity contribution in [1.82, 2.24) is 10.2 Å². The van der Waals surface area contributed by atoms with Crippen LogP contribution in [0, 0.1) is 0 Å². The molecular weight excluding hydrogens is 224 g/mol. The molecule has 0 aliphatic carbocycles. The molecule has 0 heterocycles. The zero-order chi connectivity index (χ0) is 14.2. The Labute approximate surface area is 114 Å². The Kier molecular flexibility index (Phi) is 8.83. The van der Waals surface area contributed by atoms with E-state index in [4.69, 9.17) is 4.74 Å². The first kappa shape index (κ1) is 17.9. The monoisotopic (exact) mass is 258 g/mol.